The lowest BCUT2D eigenvalue weighted by atomic mass is 10.0. The molecule has 0 aromatic heterocycles. The number of sulfone groups is 1. The second kappa shape index (κ2) is 6.34. The first-order chi connectivity index (χ1) is 8.76. The maximum Gasteiger partial charge on any atom is 0.149 e. The molecule has 0 aliphatic heterocycles. The lowest BCUT2D eigenvalue weighted by molar-refractivity contribution is 0.561. The molecule has 0 fully saturated rings. The first-order valence-corrected chi connectivity index (χ1v) is 8.17. The highest BCUT2D eigenvalue weighted by Crippen LogP contribution is 2.28. The molecule has 0 saturated carbocycles. The molecule has 0 bridgehead atoms. The minimum absolute atomic E-state index is 0.0490. The van der Waals surface area contributed by atoms with Gasteiger partial charge in [0.15, 0.2) is 0 Å². The summed E-state index contributed by atoms with van der Waals surface area (Å²) < 4.78 is 36.3. The van der Waals surface area contributed by atoms with Crippen LogP contribution in [0.1, 0.15) is 18.5 Å². The topological polar surface area (TPSA) is 49.4 Å². The van der Waals surface area contributed by atoms with E-state index in [0.717, 1.165) is 0 Å². The number of benzene rings is 1. The van der Waals surface area contributed by atoms with Crippen LogP contribution in [-0.2, 0) is 9.84 Å². The maximum atomic E-state index is 13.9. The maximum absolute atomic E-state index is 13.9. The third-order valence-electron chi connectivity index (χ3n) is 3.10. The molecule has 0 radical (unpaired) electrons. The number of hydrogen-bond acceptors (Lipinski definition) is 4. The Kier molecular flexibility index (Phi) is 5.31. The van der Waals surface area contributed by atoms with Crippen molar-refractivity contribution in [1.29, 1.82) is 0 Å². The monoisotopic (exact) mass is 288 g/mol. The van der Waals surface area contributed by atoms with Gasteiger partial charge in [-0.1, -0.05) is 6.07 Å². The summed E-state index contributed by atoms with van der Waals surface area (Å²) in [5.41, 5.74) is 1.27. The van der Waals surface area contributed by atoms with Gasteiger partial charge in [0.25, 0.3) is 0 Å². The molecule has 4 nitrogen and oxygen atoms in total. The van der Waals surface area contributed by atoms with Crippen molar-refractivity contribution in [1.82, 2.24) is 5.32 Å². The van der Waals surface area contributed by atoms with Crippen molar-refractivity contribution in [3.8, 4) is 0 Å². The van der Waals surface area contributed by atoms with E-state index in [1.54, 1.807) is 31.1 Å². The van der Waals surface area contributed by atoms with Crippen molar-refractivity contribution >= 4 is 15.5 Å². The van der Waals surface area contributed by atoms with Crippen molar-refractivity contribution in [3.63, 3.8) is 0 Å². The molecule has 6 heteroatoms. The second-order valence-electron chi connectivity index (χ2n) is 4.73. The van der Waals surface area contributed by atoms with Gasteiger partial charge in [-0.25, -0.2) is 12.8 Å². The Balaban J connectivity index is 3.02. The first kappa shape index (κ1) is 15.9. The van der Waals surface area contributed by atoms with Crippen LogP contribution in [0.4, 0.5) is 10.1 Å². The van der Waals surface area contributed by atoms with Gasteiger partial charge in [0.1, 0.15) is 15.7 Å². The van der Waals surface area contributed by atoms with Crippen LogP contribution < -0.4 is 10.2 Å². The Labute approximate surface area is 114 Å². The number of hydrogen-bond donors (Lipinski definition) is 1. The van der Waals surface area contributed by atoms with Crippen molar-refractivity contribution < 1.29 is 12.8 Å². The van der Waals surface area contributed by atoms with Crippen LogP contribution in [0, 0.1) is 5.82 Å². The molecule has 0 spiro atoms. The SMILES string of the molecule is CNC(C)c1c(F)cccc1N(C)CCS(C)(=O)=O. The zero-order chi connectivity index (χ0) is 14.6. The van der Waals surface area contributed by atoms with Crippen LogP contribution in [0.2, 0.25) is 0 Å². The normalized spacial score (nSPS) is 13.3. The fraction of sp³-hybridized carbons (Fsp3) is 0.538. The van der Waals surface area contributed by atoms with Crippen molar-refractivity contribution in [2.24, 2.45) is 0 Å². The highest BCUT2D eigenvalue weighted by Gasteiger charge is 2.17. The quantitative estimate of drug-likeness (QED) is 0.863. The van der Waals surface area contributed by atoms with Crippen molar-refractivity contribution in [2.75, 3.05) is 37.5 Å². The molecular weight excluding hydrogens is 267 g/mol. The fourth-order valence-electron chi connectivity index (χ4n) is 1.85. The molecule has 1 aromatic rings. The predicted octanol–water partition coefficient (Wildman–Crippen LogP) is 1.59. The van der Waals surface area contributed by atoms with Crippen LogP contribution in [0.25, 0.3) is 0 Å². The Morgan fingerprint density at radius 3 is 2.58 bits per heavy atom. The lowest BCUT2D eigenvalue weighted by Crippen LogP contribution is -2.27. The first-order valence-electron chi connectivity index (χ1n) is 6.11. The molecular formula is C13H21FN2O2S. The van der Waals surface area contributed by atoms with E-state index in [4.69, 9.17) is 0 Å². The van der Waals surface area contributed by atoms with Gasteiger partial charge >= 0.3 is 0 Å². The number of nitrogens with zero attached hydrogens (tertiary/aromatic N) is 1. The van der Waals surface area contributed by atoms with Crippen molar-refractivity contribution in [2.45, 2.75) is 13.0 Å². The number of rotatable bonds is 6. The zero-order valence-electron chi connectivity index (χ0n) is 11.8. The summed E-state index contributed by atoms with van der Waals surface area (Å²) in [6, 6.07) is 4.70. The number of nitrogens with one attached hydrogen (secondary N) is 1. The molecule has 1 aromatic carbocycles. The van der Waals surface area contributed by atoms with E-state index in [-0.39, 0.29) is 17.6 Å². The molecule has 1 N–H and O–H groups in total. The molecule has 1 rings (SSSR count). The molecule has 0 amide bonds. The predicted molar refractivity (Wildman–Crippen MR) is 76.9 cm³/mol. The van der Waals surface area contributed by atoms with Gasteiger partial charge in [0.2, 0.25) is 0 Å². The minimum atomic E-state index is -3.03. The Hall–Kier alpha value is -1.14. The van der Waals surface area contributed by atoms with E-state index in [1.165, 1.54) is 12.3 Å². The summed E-state index contributed by atoms with van der Waals surface area (Å²) in [4.78, 5) is 1.77. The van der Waals surface area contributed by atoms with Gasteiger partial charge < -0.3 is 10.2 Å². The molecule has 0 aliphatic rings. The van der Waals surface area contributed by atoms with E-state index in [0.29, 0.717) is 17.8 Å². The third kappa shape index (κ3) is 4.47. The van der Waals surface area contributed by atoms with Crippen LogP contribution in [0.5, 0.6) is 0 Å². The van der Waals surface area contributed by atoms with Crippen LogP contribution >= 0.6 is 0 Å². The minimum Gasteiger partial charge on any atom is -0.373 e. The summed E-state index contributed by atoms with van der Waals surface area (Å²) in [5.74, 6) is -0.238. The van der Waals surface area contributed by atoms with Crippen LogP contribution in [0.15, 0.2) is 18.2 Å². The Bertz CT molecular complexity index is 531. The third-order valence-corrected chi connectivity index (χ3v) is 4.03. The Morgan fingerprint density at radius 1 is 1.42 bits per heavy atom. The summed E-state index contributed by atoms with van der Waals surface area (Å²) in [6.45, 7) is 2.21. The van der Waals surface area contributed by atoms with E-state index in [1.807, 2.05) is 6.92 Å². The molecule has 108 valence electrons. The lowest BCUT2D eigenvalue weighted by Gasteiger charge is -2.25. The molecule has 1 unspecified atom stereocenters. The fourth-order valence-corrected chi connectivity index (χ4v) is 2.46. The summed E-state index contributed by atoms with van der Waals surface area (Å²) in [6.07, 6.45) is 1.20. The van der Waals surface area contributed by atoms with Gasteiger partial charge in [-0.2, -0.15) is 0 Å². The molecule has 1 atom stereocenters. The highest BCUT2D eigenvalue weighted by molar-refractivity contribution is 7.90. The second-order valence-corrected chi connectivity index (χ2v) is 6.99. The van der Waals surface area contributed by atoms with E-state index in [9.17, 15) is 12.8 Å². The Morgan fingerprint density at radius 2 is 2.05 bits per heavy atom. The molecule has 0 saturated heterocycles. The zero-order valence-corrected chi connectivity index (χ0v) is 12.6. The average molecular weight is 288 g/mol. The smallest absolute Gasteiger partial charge is 0.149 e. The summed E-state index contributed by atoms with van der Waals surface area (Å²) >= 11 is 0. The highest BCUT2D eigenvalue weighted by atomic mass is 32.2. The van der Waals surface area contributed by atoms with Gasteiger partial charge in [-0.05, 0) is 26.1 Å². The summed E-state index contributed by atoms with van der Waals surface area (Å²) in [5, 5.41) is 3.00. The molecule has 0 aliphatic carbocycles. The number of anilines is 1. The van der Waals surface area contributed by atoms with Gasteiger partial charge in [-0.15, -0.1) is 0 Å². The van der Waals surface area contributed by atoms with E-state index in [2.05, 4.69) is 5.32 Å². The molecule has 19 heavy (non-hydrogen) atoms. The van der Waals surface area contributed by atoms with Gasteiger partial charge in [0, 0.05) is 37.1 Å². The van der Waals surface area contributed by atoms with Crippen LogP contribution in [0.3, 0.4) is 0 Å². The number of halogens is 1. The summed E-state index contributed by atoms with van der Waals surface area (Å²) in [7, 11) is 0.504. The standard InChI is InChI=1S/C13H21FN2O2S/c1-10(15-2)13-11(14)6-5-7-12(13)16(3)8-9-19(4,17)18/h5-7,10,15H,8-9H2,1-4H3. The largest absolute Gasteiger partial charge is 0.373 e. The van der Waals surface area contributed by atoms with Crippen LogP contribution in [-0.4, -0.2) is 41.1 Å². The van der Waals surface area contributed by atoms with Crippen molar-refractivity contribution in [3.05, 3.63) is 29.6 Å². The molecule has 0 heterocycles. The van der Waals surface area contributed by atoms with Gasteiger partial charge in [-0.3, -0.25) is 0 Å². The van der Waals surface area contributed by atoms with E-state index >= 15 is 0 Å². The van der Waals surface area contributed by atoms with E-state index < -0.39 is 9.84 Å². The average Bonchev–Trinajstić information content (AvgIpc) is 2.33. The van der Waals surface area contributed by atoms with Gasteiger partial charge in [0.05, 0.1) is 5.75 Å².